The second-order valence-corrected chi connectivity index (χ2v) is 7.71. The van der Waals surface area contributed by atoms with Crippen molar-refractivity contribution in [1.29, 1.82) is 0 Å². The van der Waals surface area contributed by atoms with Gasteiger partial charge in [0.1, 0.15) is 0 Å². The first-order chi connectivity index (χ1) is 14.0. The molecule has 0 saturated carbocycles. The van der Waals surface area contributed by atoms with E-state index in [1.807, 2.05) is 24.3 Å². The molecule has 5 rings (SSSR count). The number of alkyl halides is 3. The Hall–Kier alpha value is -3.07. The normalized spacial score (nSPS) is 18.7. The van der Waals surface area contributed by atoms with Crippen LogP contribution >= 0.6 is 0 Å². The Morgan fingerprint density at radius 2 is 1.31 bits per heavy atom. The van der Waals surface area contributed by atoms with Crippen LogP contribution in [0.3, 0.4) is 0 Å². The van der Waals surface area contributed by atoms with Crippen LogP contribution in [0.4, 0.5) is 13.2 Å². The van der Waals surface area contributed by atoms with Gasteiger partial charge in [0.05, 0.1) is 5.56 Å². The van der Waals surface area contributed by atoms with Gasteiger partial charge in [-0.2, -0.15) is 13.2 Å². The Morgan fingerprint density at radius 3 is 2.07 bits per heavy atom. The summed E-state index contributed by atoms with van der Waals surface area (Å²) in [6.45, 7) is 0. The van der Waals surface area contributed by atoms with Crippen molar-refractivity contribution in [3.63, 3.8) is 0 Å². The third-order valence-corrected chi connectivity index (χ3v) is 6.03. The topological polar surface area (TPSA) is 0 Å². The van der Waals surface area contributed by atoms with Crippen molar-refractivity contribution in [2.45, 2.75) is 24.4 Å². The molecule has 0 radical (unpaired) electrons. The van der Waals surface area contributed by atoms with Gasteiger partial charge in [-0.3, -0.25) is 0 Å². The standard InChI is InChI=1S/C26H19F3/c27-26(28,29)22-13-11-18(12-14-22)25-23-8-4-3-7-20(23)16-24(25)21-10-9-17-5-1-2-6-19(17)15-21/h1-15,24-25H,16H2. The summed E-state index contributed by atoms with van der Waals surface area (Å²) in [7, 11) is 0. The van der Waals surface area contributed by atoms with Crippen LogP contribution in [0, 0.1) is 0 Å². The average molecular weight is 388 g/mol. The predicted octanol–water partition coefficient (Wildman–Crippen LogP) is 7.33. The first-order valence-electron chi connectivity index (χ1n) is 9.74. The summed E-state index contributed by atoms with van der Waals surface area (Å²) in [4.78, 5) is 0. The predicted molar refractivity (Wildman–Crippen MR) is 110 cm³/mol. The van der Waals surface area contributed by atoms with Gasteiger partial charge in [-0.1, -0.05) is 78.9 Å². The summed E-state index contributed by atoms with van der Waals surface area (Å²) < 4.78 is 39.1. The minimum atomic E-state index is -4.32. The lowest BCUT2D eigenvalue weighted by molar-refractivity contribution is -0.137. The Balaban J connectivity index is 1.61. The van der Waals surface area contributed by atoms with Gasteiger partial charge in [0.15, 0.2) is 0 Å². The van der Waals surface area contributed by atoms with Gasteiger partial charge >= 0.3 is 6.18 Å². The van der Waals surface area contributed by atoms with Crippen LogP contribution in [-0.4, -0.2) is 0 Å². The van der Waals surface area contributed by atoms with E-state index in [9.17, 15) is 13.2 Å². The molecule has 0 N–H and O–H groups in total. The molecule has 0 amide bonds. The van der Waals surface area contributed by atoms with Crippen molar-refractivity contribution < 1.29 is 13.2 Å². The molecular formula is C26H19F3. The molecule has 29 heavy (non-hydrogen) atoms. The van der Waals surface area contributed by atoms with Crippen LogP contribution in [0.15, 0.2) is 91.0 Å². The van der Waals surface area contributed by atoms with Crippen LogP contribution in [0.5, 0.6) is 0 Å². The molecule has 4 aromatic carbocycles. The van der Waals surface area contributed by atoms with Gasteiger partial charge in [-0.05, 0) is 57.5 Å². The van der Waals surface area contributed by atoms with E-state index in [1.165, 1.54) is 39.6 Å². The second-order valence-electron chi connectivity index (χ2n) is 7.71. The van der Waals surface area contributed by atoms with Crippen LogP contribution in [0.2, 0.25) is 0 Å². The van der Waals surface area contributed by atoms with E-state index >= 15 is 0 Å². The van der Waals surface area contributed by atoms with Crippen LogP contribution in [0.1, 0.15) is 39.7 Å². The van der Waals surface area contributed by atoms with E-state index in [0.29, 0.717) is 0 Å². The van der Waals surface area contributed by atoms with Gasteiger partial charge in [0.2, 0.25) is 0 Å². The first-order valence-corrected chi connectivity index (χ1v) is 9.74. The fourth-order valence-corrected chi connectivity index (χ4v) is 4.64. The summed E-state index contributed by atoms with van der Waals surface area (Å²) in [5.74, 6) is 0.253. The molecule has 1 aliphatic rings. The van der Waals surface area contributed by atoms with Crippen molar-refractivity contribution in [3.8, 4) is 0 Å². The number of fused-ring (bicyclic) bond motifs is 2. The van der Waals surface area contributed by atoms with E-state index in [1.54, 1.807) is 12.1 Å². The molecule has 0 bridgehead atoms. The molecule has 0 aliphatic heterocycles. The van der Waals surface area contributed by atoms with Crippen LogP contribution < -0.4 is 0 Å². The molecule has 0 saturated heterocycles. The molecule has 0 fully saturated rings. The summed E-state index contributed by atoms with van der Waals surface area (Å²) in [6.07, 6.45) is -3.43. The van der Waals surface area contributed by atoms with Gasteiger partial charge in [0.25, 0.3) is 0 Å². The number of rotatable bonds is 2. The molecule has 0 spiro atoms. The summed E-state index contributed by atoms with van der Waals surface area (Å²) >= 11 is 0. The average Bonchev–Trinajstić information content (AvgIpc) is 3.12. The third kappa shape index (κ3) is 3.21. The molecule has 0 aromatic heterocycles. The zero-order chi connectivity index (χ0) is 20.0. The van der Waals surface area contributed by atoms with E-state index in [2.05, 4.69) is 42.5 Å². The lowest BCUT2D eigenvalue weighted by Crippen LogP contribution is -2.09. The highest BCUT2D eigenvalue weighted by molar-refractivity contribution is 5.83. The number of hydrogen-bond donors (Lipinski definition) is 0. The summed E-state index contributed by atoms with van der Waals surface area (Å²) in [5.41, 5.74) is 4.04. The molecule has 2 atom stereocenters. The van der Waals surface area contributed by atoms with E-state index in [4.69, 9.17) is 0 Å². The van der Waals surface area contributed by atoms with Crippen LogP contribution in [0.25, 0.3) is 10.8 Å². The Bertz CT molecular complexity index is 1170. The molecule has 1 aliphatic carbocycles. The van der Waals surface area contributed by atoms with Gasteiger partial charge < -0.3 is 0 Å². The highest BCUT2D eigenvalue weighted by atomic mass is 19.4. The molecular weight excluding hydrogens is 369 g/mol. The zero-order valence-corrected chi connectivity index (χ0v) is 15.7. The Morgan fingerprint density at radius 1 is 0.655 bits per heavy atom. The maximum absolute atomic E-state index is 13.0. The van der Waals surface area contributed by atoms with Crippen molar-refractivity contribution >= 4 is 10.8 Å². The third-order valence-electron chi connectivity index (χ3n) is 6.03. The highest BCUT2D eigenvalue weighted by Gasteiger charge is 2.35. The van der Waals surface area contributed by atoms with E-state index in [-0.39, 0.29) is 11.8 Å². The van der Waals surface area contributed by atoms with Crippen molar-refractivity contribution in [2.75, 3.05) is 0 Å². The fraction of sp³-hybridized carbons (Fsp3) is 0.154. The number of halogens is 3. The maximum Gasteiger partial charge on any atom is 0.416 e. The Labute approximate surface area is 167 Å². The first kappa shape index (κ1) is 18.0. The minimum absolute atomic E-state index is 0.0506. The summed E-state index contributed by atoms with van der Waals surface area (Å²) in [5, 5.41) is 2.38. The maximum atomic E-state index is 13.0. The van der Waals surface area contributed by atoms with Crippen molar-refractivity contribution in [2.24, 2.45) is 0 Å². The molecule has 4 aromatic rings. The number of hydrogen-bond acceptors (Lipinski definition) is 0. The van der Waals surface area contributed by atoms with Gasteiger partial charge in [0, 0.05) is 5.92 Å². The van der Waals surface area contributed by atoms with Gasteiger partial charge in [-0.25, -0.2) is 0 Å². The molecule has 144 valence electrons. The Kier molecular flexibility index (Phi) is 4.20. The minimum Gasteiger partial charge on any atom is -0.166 e. The summed E-state index contributed by atoms with van der Waals surface area (Å²) in [6, 6.07) is 28.8. The number of benzene rings is 4. The SMILES string of the molecule is FC(F)(F)c1ccc(C2c3ccccc3CC2c2ccc3ccccc3c2)cc1. The zero-order valence-electron chi connectivity index (χ0n) is 15.7. The quantitative estimate of drug-likeness (QED) is 0.337. The largest absolute Gasteiger partial charge is 0.416 e. The highest BCUT2D eigenvalue weighted by Crippen LogP contribution is 2.48. The monoisotopic (exact) mass is 388 g/mol. The lowest BCUT2D eigenvalue weighted by atomic mass is 9.81. The van der Waals surface area contributed by atoms with Crippen LogP contribution in [-0.2, 0) is 12.6 Å². The molecule has 2 unspecified atom stereocenters. The molecule has 0 nitrogen and oxygen atoms in total. The molecule has 3 heteroatoms. The van der Waals surface area contributed by atoms with Gasteiger partial charge in [-0.15, -0.1) is 0 Å². The van der Waals surface area contributed by atoms with E-state index in [0.717, 1.165) is 12.0 Å². The lowest BCUT2D eigenvalue weighted by Gasteiger charge is -2.22. The second kappa shape index (κ2) is 6.77. The van der Waals surface area contributed by atoms with E-state index < -0.39 is 11.7 Å². The van der Waals surface area contributed by atoms with Crippen molar-refractivity contribution in [1.82, 2.24) is 0 Å². The fourth-order valence-electron chi connectivity index (χ4n) is 4.64. The van der Waals surface area contributed by atoms with Crippen molar-refractivity contribution in [3.05, 3.63) is 119 Å². The molecule has 0 heterocycles. The smallest absolute Gasteiger partial charge is 0.166 e.